The molecule has 1 amide bonds. The van der Waals surface area contributed by atoms with Gasteiger partial charge in [0.05, 0.1) is 11.3 Å². The average Bonchev–Trinajstić information content (AvgIpc) is 3.66. The van der Waals surface area contributed by atoms with Crippen molar-refractivity contribution < 1.29 is 4.79 Å². The molecule has 176 valence electrons. The summed E-state index contributed by atoms with van der Waals surface area (Å²) in [7, 11) is 0. The highest BCUT2D eigenvalue weighted by atomic mass is 35.5. The largest absolute Gasteiger partial charge is 0.348 e. The van der Waals surface area contributed by atoms with Gasteiger partial charge >= 0.3 is 0 Å². The molecular weight excluding hydrogens is 467 g/mol. The first-order valence-corrected chi connectivity index (χ1v) is 12.6. The van der Waals surface area contributed by atoms with E-state index in [2.05, 4.69) is 34.3 Å². The molecule has 0 bridgehead atoms. The summed E-state index contributed by atoms with van der Waals surface area (Å²) in [6.07, 6.45) is 6.00. The Labute approximate surface area is 210 Å². The second-order valence-corrected chi connectivity index (χ2v) is 10.3. The number of amides is 1. The lowest BCUT2D eigenvalue weighted by atomic mass is 9.89. The maximum absolute atomic E-state index is 13.4. The van der Waals surface area contributed by atoms with E-state index in [1.165, 1.54) is 12.0 Å². The monoisotopic (exact) mass is 494 g/mol. The summed E-state index contributed by atoms with van der Waals surface area (Å²) in [5.74, 6) is 1.14. The van der Waals surface area contributed by atoms with E-state index in [4.69, 9.17) is 28.2 Å². The molecule has 2 aromatic carbocycles. The first-order valence-electron chi connectivity index (χ1n) is 11.9. The zero-order chi connectivity index (χ0) is 23.7. The average molecular weight is 495 g/mol. The van der Waals surface area contributed by atoms with E-state index in [1.54, 1.807) is 18.3 Å². The van der Waals surface area contributed by atoms with E-state index in [9.17, 15) is 4.79 Å². The lowest BCUT2D eigenvalue weighted by Gasteiger charge is -2.31. The Morgan fingerprint density at radius 2 is 1.97 bits per heavy atom. The molecule has 5 nitrogen and oxygen atoms in total. The molecule has 1 aliphatic carbocycles. The number of benzene rings is 2. The number of anilines is 1. The number of nitrogens with one attached hydrogen (secondary N) is 1. The van der Waals surface area contributed by atoms with Crippen LogP contribution in [0.25, 0.3) is 0 Å². The number of hydrogen-bond donors (Lipinski definition) is 1. The molecule has 1 aromatic heterocycles. The minimum atomic E-state index is -0.245. The van der Waals surface area contributed by atoms with Gasteiger partial charge in [-0.15, -0.1) is 0 Å². The molecule has 1 aliphatic heterocycles. The fraction of sp³-hybridized carbons (Fsp3) is 0.370. The first-order chi connectivity index (χ1) is 16.5. The Bertz CT molecular complexity index is 1200. The van der Waals surface area contributed by atoms with Crippen LogP contribution in [0.2, 0.25) is 10.0 Å². The third kappa shape index (κ3) is 4.64. The summed E-state index contributed by atoms with van der Waals surface area (Å²) in [6.45, 7) is 4.46. The third-order valence-electron chi connectivity index (χ3n) is 6.94. The predicted molar refractivity (Wildman–Crippen MR) is 137 cm³/mol. The molecule has 7 heteroatoms. The highest BCUT2D eigenvalue weighted by molar-refractivity contribution is 6.35. The Hall–Kier alpha value is -2.63. The number of hydrogen-bond acceptors (Lipinski definition) is 4. The molecule has 0 radical (unpaired) electrons. The van der Waals surface area contributed by atoms with Gasteiger partial charge in [0.15, 0.2) is 0 Å². The zero-order valence-corrected chi connectivity index (χ0v) is 20.7. The zero-order valence-electron chi connectivity index (χ0n) is 19.2. The van der Waals surface area contributed by atoms with E-state index in [1.807, 2.05) is 24.3 Å². The number of carbonyl (C=O) groups excluding carboxylic acids is 1. The molecule has 34 heavy (non-hydrogen) atoms. The fourth-order valence-corrected chi connectivity index (χ4v) is 5.38. The minimum Gasteiger partial charge on any atom is -0.348 e. The number of piperidine rings is 1. The SMILES string of the molecule is CC1CCCN(c2ncc(C(=O)NCc3ccc(Cl)cc3Cl)c(C3(c4ccccc4)CC3)n2)C1. The maximum Gasteiger partial charge on any atom is 0.255 e. The molecule has 1 unspecified atom stereocenters. The van der Waals surface area contributed by atoms with Crippen LogP contribution in [0.5, 0.6) is 0 Å². The number of nitrogens with zero attached hydrogens (tertiary/aromatic N) is 3. The summed E-state index contributed by atoms with van der Waals surface area (Å²) >= 11 is 12.3. The van der Waals surface area contributed by atoms with Gasteiger partial charge in [-0.05, 0) is 54.9 Å². The second-order valence-electron chi connectivity index (χ2n) is 9.49. The van der Waals surface area contributed by atoms with Crippen LogP contribution in [0.15, 0.2) is 54.7 Å². The summed E-state index contributed by atoms with van der Waals surface area (Å²) in [6, 6.07) is 15.7. The Morgan fingerprint density at radius 3 is 2.68 bits per heavy atom. The van der Waals surface area contributed by atoms with Crippen LogP contribution in [0.1, 0.15) is 59.8 Å². The molecule has 2 heterocycles. The Kier molecular flexibility index (Phi) is 6.50. The van der Waals surface area contributed by atoms with Crippen molar-refractivity contribution in [3.05, 3.63) is 87.2 Å². The predicted octanol–water partition coefficient (Wildman–Crippen LogP) is 6.03. The molecule has 1 saturated carbocycles. The molecule has 2 aliphatic rings. The smallest absolute Gasteiger partial charge is 0.255 e. The summed E-state index contributed by atoms with van der Waals surface area (Å²) in [5, 5.41) is 4.11. The van der Waals surface area contributed by atoms with E-state index >= 15 is 0 Å². The number of rotatable bonds is 6. The summed E-state index contributed by atoms with van der Waals surface area (Å²) in [5.41, 5.74) is 3.11. The van der Waals surface area contributed by atoms with Crippen molar-refractivity contribution in [2.45, 2.75) is 44.6 Å². The summed E-state index contributed by atoms with van der Waals surface area (Å²) < 4.78 is 0. The molecular formula is C27H28Cl2N4O. The highest BCUT2D eigenvalue weighted by Crippen LogP contribution is 2.53. The number of halogens is 2. The van der Waals surface area contributed by atoms with Gasteiger partial charge in [0.25, 0.3) is 5.91 Å². The minimum absolute atomic E-state index is 0.193. The third-order valence-corrected chi connectivity index (χ3v) is 7.53. The quantitative estimate of drug-likeness (QED) is 0.454. The van der Waals surface area contributed by atoms with Gasteiger partial charge in [0.1, 0.15) is 0 Å². The van der Waals surface area contributed by atoms with Crippen molar-refractivity contribution in [3.63, 3.8) is 0 Å². The fourth-order valence-electron chi connectivity index (χ4n) is 4.91. The van der Waals surface area contributed by atoms with Crippen molar-refractivity contribution in [1.82, 2.24) is 15.3 Å². The van der Waals surface area contributed by atoms with Gasteiger partial charge in [-0.25, -0.2) is 9.97 Å². The van der Waals surface area contributed by atoms with Crippen LogP contribution in [0.4, 0.5) is 5.95 Å². The first kappa shape index (κ1) is 23.1. The van der Waals surface area contributed by atoms with Gasteiger partial charge in [0.2, 0.25) is 5.95 Å². The van der Waals surface area contributed by atoms with Gasteiger partial charge in [-0.1, -0.05) is 66.5 Å². The van der Waals surface area contributed by atoms with Crippen LogP contribution < -0.4 is 10.2 Å². The highest BCUT2D eigenvalue weighted by Gasteiger charge is 2.49. The number of aromatic nitrogens is 2. The van der Waals surface area contributed by atoms with Crippen LogP contribution in [-0.4, -0.2) is 29.0 Å². The molecule has 5 rings (SSSR count). The second kappa shape index (κ2) is 9.55. The topological polar surface area (TPSA) is 58.1 Å². The van der Waals surface area contributed by atoms with Gasteiger partial charge in [-0.2, -0.15) is 0 Å². The van der Waals surface area contributed by atoms with Crippen LogP contribution in [0, 0.1) is 5.92 Å². The van der Waals surface area contributed by atoms with Crippen LogP contribution >= 0.6 is 23.2 Å². The molecule has 0 spiro atoms. The van der Waals surface area contributed by atoms with E-state index < -0.39 is 0 Å². The van der Waals surface area contributed by atoms with Gasteiger partial charge in [-0.3, -0.25) is 4.79 Å². The van der Waals surface area contributed by atoms with Crippen molar-refractivity contribution in [2.24, 2.45) is 5.92 Å². The molecule has 1 saturated heterocycles. The van der Waals surface area contributed by atoms with Crippen molar-refractivity contribution in [2.75, 3.05) is 18.0 Å². The van der Waals surface area contributed by atoms with E-state index in [0.717, 1.165) is 49.6 Å². The lowest BCUT2D eigenvalue weighted by molar-refractivity contribution is 0.0948. The van der Waals surface area contributed by atoms with Crippen LogP contribution in [0.3, 0.4) is 0 Å². The van der Waals surface area contributed by atoms with Crippen molar-refractivity contribution in [3.8, 4) is 0 Å². The Morgan fingerprint density at radius 1 is 1.18 bits per heavy atom. The number of carbonyl (C=O) groups is 1. The van der Waals surface area contributed by atoms with Crippen molar-refractivity contribution in [1.29, 1.82) is 0 Å². The van der Waals surface area contributed by atoms with Crippen molar-refractivity contribution >= 4 is 35.1 Å². The molecule has 1 atom stereocenters. The standard InChI is InChI=1S/C27H28Cl2N4O/c1-18-6-5-13-33(17-18)26-31-16-22(25(34)30-15-19-9-10-21(28)14-23(19)29)24(32-26)27(11-12-27)20-7-3-2-4-8-20/h2-4,7-10,14,16,18H,5-6,11-13,15,17H2,1H3,(H,30,34). The molecule has 3 aromatic rings. The van der Waals surface area contributed by atoms with E-state index in [-0.39, 0.29) is 11.3 Å². The maximum atomic E-state index is 13.4. The lowest BCUT2D eigenvalue weighted by Crippen LogP contribution is -2.36. The molecule has 2 fully saturated rings. The van der Waals surface area contributed by atoms with Crippen LogP contribution in [-0.2, 0) is 12.0 Å². The Balaban J connectivity index is 1.48. The molecule has 1 N–H and O–H groups in total. The van der Waals surface area contributed by atoms with E-state index in [0.29, 0.717) is 28.1 Å². The summed E-state index contributed by atoms with van der Waals surface area (Å²) in [4.78, 5) is 25.4. The normalized spacial score (nSPS) is 19.0. The van der Waals surface area contributed by atoms with Gasteiger partial charge < -0.3 is 10.2 Å². The van der Waals surface area contributed by atoms with Gasteiger partial charge in [0, 0.05) is 41.3 Å².